The molecule has 0 aromatic rings. The predicted octanol–water partition coefficient (Wildman–Crippen LogP) is 3.28. The van der Waals surface area contributed by atoms with E-state index in [1.807, 2.05) is 0 Å². The van der Waals surface area contributed by atoms with Crippen molar-refractivity contribution in [3.05, 3.63) is 0 Å². The van der Waals surface area contributed by atoms with Crippen LogP contribution in [0.3, 0.4) is 0 Å². The molecule has 2 unspecified atom stereocenters. The van der Waals surface area contributed by atoms with Gasteiger partial charge in [-0.3, -0.25) is 0 Å². The van der Waals surface area contributed by atoms with Crippen LogP contribution in [0.2, 0.25) is 0 Å². The lowest BCUT2D eigenvalue weighted by Crippen LogP contribution is -2.45. The van der Waals surface area contributed by atoms with Crippen LogP contribution < -0.4 is 0 Å². The zero-order chi connectivity index (χ0) is 12.5. The van der Waals surface area contributed by atoms with E-state index in [-0.39, 0.29) is 0 Å². The zero-order valence-corrected chi connectivity index (χ0v) is 8.21. The lowest BCUT2D eigenvalue weighted by atomic mass is 9.89. The summed E-state index contributed by atoms with van der Waals surface area (Å²) in [5.74, 6) is -2.14. The summed E-state index contributed by atoms with van der Waals surface area (Å²) in [4.78, 5) is 0. The first-order valence-electron chi connectivity index (χ1n) is 4.27. The van der Waals surface area contributed by atoms with E-state index in [2.05, 4.69) is 0 Å². The number of hydrogen-bond acceptors (Lipinski definition) is 1. The van der Waals surface area contributed by atoms with Crippen molar-refractivity contribution in [2.75, 3.05) is 0 Å². The Hall–Kier alpha value is -0.460. The molecule has 15 heavy (non-hydrogen) atoms. The van der Waals surface area contributed by atoms with Gasteiger partial charge in [-0.15, -0.1) is 0 Å². The Morgan fingerprint density at radius 2 is 1.47 bits per heavy atom. The number of halogens is 6. The maximum Gasteiger partial charge on any atom is 0.416 e. The molecule has 1 nitrogen and oxygen atoms in total. The zero-order valence-electron chi connectivity index (χ0n) is 8.21. The van der Waals surface area contributed by atoms with Crippen LogP contribution in [0.4, 0.5) is 26.3 Å². The summed E-state index contributed by atoms with van der Waals surface area (Å²) in [5.41, 5.74) is -3.30. The topological polar surface area (TPSA) is 20.2 Å². The molecule has 0 aliphatic carbocycles. The van der Waals surface area contributed by atoms with Gasteiger partial charge >= 0.3 is 12.4 Å². The SMILES string of the molecule is CCC(CC(C)(O)C(F)(F)F)C(F)(F)F. The Kier molecular flexibility index (Phi) is 4.06. The fourth-order valence-electron chi connectivity index (χ4n) is 1.09. The number of aliphatic hydroxyl groups is 1. The second kappa shape index (κ2) is 4.19. The Morgan fingerprint density at radius 1 is 1.07 bits per heavy atom. The van der Waals surface area contributed by atoms with Crippen molar-refractivity contribution < 1.29 is 31.4 Å². The van der Waals surface area contributed by atoms with E-state index in [4.69, 9.17) is 5.11 Å². The minimum Gasteiger partial charge on any atom is -0.381 e. The standard InChI is InChI=1S/C8H12F6O/c1-3-5(7(9,10)11)4-6(2,15)8(12,13)14/h5,15H,3-4H2,1-2H3. The molecule has 0 aliphatic heterocycles. The lowest BCUT2D eigenvalue weighted by Gasteiger charge is -2.30. The highest BCUT2D eigenvalue weighted by Crippen LogP contribution is 2.41. The molecule has 0 fully saturated rings. The van der Waals surface area contributed by atoms with Gasteiger partial charge in [0.15, 0.2) is 5.60 Å². The van der Waals surface area contributed by atoms with Crippen LogP contribution in [0, 0.1) is 5.92 Å². The van der Waals surface area contributed by atoms with E-state index in [1.54, 1.807) is 0 Å². The first-order valence-corrected chi connectivity index (χ1v) is 4.27. The van der Waals surface area contributed by atoms with Gasteiger partial charge in [-0.25, -0.2) is 0 Å². The van der Waals surface area contributed by atoms with Gasteiger partial charge in [-0.05, 0) is 19.8 Å². The van der Waals surface area contributed by atoms with Gasteiger partial charge in [0.05, 0.1) is 5.92 Å². The molecule has 0 saturated heterocycles. The van der Waals surface area contributed by atoms with Crippen molar-refractivity contribution in [1.82, 2.24) is 0 Å². The van der Waals surface area contributed by atoms with Crippen molar-refractivity contribution in [2.24, 2.45) is 5.92 Å². The van der Waals surface area contributed by atoms with E-state index < -0.39 is 36.7 Å². The normalized spacial score (nSPS) is 19.8. The van der Waals surface area contributed by atoms with E-state index in [9.17, 15) is 26.3 Å². The summed E-state index contributed by atoms with van der Waals surface area (Å²) in [7, 11) is 0. The molecule has 0 saturated carbocycles. The van der Waals surface area contributed by atoms with Gasteiger partial charge in [0.25, 0.3) is 0 Å². The first kappa shape index (κ1) is 14.5. The molecule has 0 aromatic heterocycles. The largest absolute Gasteiger partial charge is 0.416 e. The average Bonchev–Trinajstić information content (AvgIpc) is 1.95. The van der Waals surface area contributed by atoms with Crippen LogP contribution in [0.1, 0.15) is 26.7 Å². The van der Waals surface area contributed by atoms with Crippen LogP contribution in [-0.2, 0) is 0 Å². The van der Waals surface area contributed by atoms with Crippen molar-refractivity contribution >= 4 is 0 Å². The third kappa shape index (κ3) is 3.89. The van der Waals surface area contributed by atoms with Gasteiger partial charge < -0.3 is 5.11 Å². The lowest BCUT2D eigenvalue weighted by molar-refractivity contribution is -0.273. The van der Waals surface area contributed by atoms with Crippen molar-refractivity contribution in [2.45, 2.75) is 44.6 Å². The molecule has 92 valence electrons. The predicted molar refractivity (Wildman–Crippen MR) is 41.1 cm³/mol. The van der Waals surface area contributed by atoms with Gasteiger partial charge in [0.2, 0.25) is 0 Å². The van der Waals surface area contributed by atoms with Crippen LogP contribution in [-0.4, -0.2) is 23.1 Å². The quantitative estimate of drug-likeness (QED) is 0.748. The molecule has 0 aromatic carbocycles. The molecule has 0 rings (SSSR count). The average molecular weight is 238 g/mol. The molecule has 1 N–H and O–H groups in total. The molecule has 7 heteroatoms. The van der Waals surface area contributed by atoms with Crippen LogP contribution in [0.15, 0.2) is 0 Å². The molecule has 0 aliphatic rings. The highest BCUT2D eigenvalue weighted by Gasteiger charge is 2.54. The van der Waals surface area contributed by atoms with Gasteiger partial charge in [0, 0.05) is 0 Å². The monoisotopic (exact) mass is 238 g/mol. The molecule has 0 amide bonds. The maximum atomic E-state index is 12.2. The van der Waals surface area contributed by atoms with Gasteiger partial charge in [-0.1, -0.05) is 6.92 Å². The van der Waals surface area contributed by atoms with Gasteiger partial charge in [-0.2, -0.15) is 26.3 Å². The Labute approximate surface area is 83.1 Å². The summed E-state index contributed by atoms with van der Waals surface area (Å²) in [6, 6.07) is 0. The second-order valence-electron chi connectivity index (χ2n) is 3.62. The maximum absolute atomic E-state index is 12.2. The fourth-order valence-corrected chi connectivity index (χ4v) is 1.09. The van der Waals surface area contributed by atoms with Crippen LogP contribution in [0.5, 0.6) is 0 Å². The number of rotatable bonds is 3. The van der Waals surface area contributed by atoms with Crippen LogP contribution in [0.25, 0.3) is 0 Å². The summed E-state index contributed by atoms with van der Waals surface area (Å²) >= 11 is 0. The Bertz CT molecular complexity index is 204. The summed E-state index contributed by atoms with van der Waals surface area (Å²) in [6.07, 6.45) is -11.6. The second-order valence-corrected chi connectivity index (χ2v) is 3.62. The smallest absolute Gasteiger partial charge is 0.381 e. The minimum atomic E-state index is -5.05. The fraction of sp³-hybridized carbons (Fsp3) is 1.00. The Balaban J connectivity index is 4.70. The highest BCUT2D eigenvalue weighted by molar-refractivity contribution is 4.86. The molecule has 0 bridgehead atoms. The molecule has 0 spiro atoms. The molecular weight excluding hydrogens is 226 g/mol. The van der Waals surface area contributed by atoms with E-state index >= 15 is 0 Å². The highest BCUT2D eigenvalue weighted by atomic mass is 19.4. The summed E-state index contributed by atoms with van der Waals surface area (Å²) in [5, 5.41) is 8.89. The van der Waals surface area contributed by atoms with Crippen molar-refractivity contribution in [3.63, 3.8) is 0 Å². The van der Waals surface area contributed by atoms with E-state index in [0.717, 1.165) is 6.92 Å². The third-order valence-electron chi connectivity index (χ3n) is 2.21. The van der Waals surface area contributed by atoms with Crippen molar-refractivity contribution in [1.29, 1.82) is 0 Å². The summed E-state index contributed by atoms with van der Waals surface area (Å²) in [6.45, 7) is 1.48. The molecular formula is C8H12F6O. The number of alkyl halides is 6. The summed E-state index contributed by atoms with van der Waals surface area (Å²) < 4.78 is 72.8. The number of hydrogen-bond donors (Lipinski definition) is 1. The molecule has 0 heterocycles. The van der Waals surface area contributed by atoms with Crippen molar-refractivity contribution in [3.8, 4) is 0 Å². The Morgan fingerprint density at radius 3 is 1.67 bits per heavy atom. The van der Waals surface area contributed by atoms with E-state index in [0.29, 0.717) is 6.92 Å². The molecule has 0 radical (unpaired) electrons. The van der Waals surface area contributed by atoms with E-state index in [1.165, 1.54) is 0 Å². The third-order valence-corrected chi connectivity index (χ3v) is 2.21. The van der Waals surface area contributed by atoms with Crippen LogP contribution >= 0.6 is 0 Å². The first-order chi connectivity index (χ1) is 6.42. The minimum absolute atomic E-state index is 0.349. The van der Waals surface area contributed by atoms with Gasteiger partial charge in [0.1, 0.15) is 0 Å². The molecule has 2 atom stereocenters.